The molecule has 10 heteroatoms. The summed E-state index contributed by atoms with van der Waals surface area (Å²) in [4.78, 5) is 42.0. The van der Waals surface area contributed by atoms with Crippen molar-refractivity contribution in [1.29, 1.82) is 0 Å². The highest BCUT2D eigenvalue weighted by atomic mass is 16.6. The zero-order chi connectivity index (χ0) is 30.9. The molecule has 2 unspecified atom stereocenters. The predicted molar refractivity (Wildman–Crippen MR) is 165 cm³/mol. The van der Waals surface area contributed by atoms with Gasteiger partial charge in [-0.25, -0.2) is 4.79 Å². The van der Waals surface area contributed by atoms with Crippen molar-refractivity contribution in [2.45, 2.75) is 65.7 Å². The van der Waals surface area contributed by atoms with Crippen LogP contribution in [0, 0.1) is 12.3 Å². The Balaban J connectivity index is 1.35. The fourth-order valence-corrected chi connectivity index (χ4v) is 6.48. The van der Waals surface area contributed by atoms with E-state index in [-0.39, 0.29) is 35.5 Å². The van der Waals surface area contributed by atoms with Gasteiger partial charge in [0, 0.05) is 62.3 Å². The molecule has 0 aliphatic carbocycles. The summed E-state index contributed by atoms with van der Waals surface area (Å²) >= 11 is 0. The number of hydrogen-bond donors (Lipinski definition) is 2. The van der Waals surface area contributed by atoms with E-state index in [1.165, 1.54) is 0 Å². The van der Waals surface area contributed by atoms with Crippen LogP contribution < -0.4 is 20.3 Å². The Morgan fingerprint density at radius 2 is 1.79 bits per heavy atom. The molecule has 1 fully saturated rings. The van der Waals surface area contributed by atoms with Crippen molar-refractivity contribution in [3.63, 3.8) is 0 Å². The zero-order valence-corrected chi connectivity index (χ0v) is 25.7. The minimum absolute atomic E-state index is 0.0993. The van der Waals surface area contributed by atoms with E-state index in [1.54, 1.807) is 34.7 Å². The van der Waals surface area contributed by atoms with E-state index in [9.17, 15) is 19.5 Å². The van der Waals surface area contributed by atoms with Crippen LogP contribution in [0.2, 0.25) is 0 Å². The van der Waals surface area contributed by atoms with Gasteiger partial charge in [-0.15, -0.1) is 0 Å². The minimum Gasteiger partial charge on any atom is -0.486 e. The van der Waals surface area contributed by atoms with E-state index in [2.05, 4.69) is 31.0 Å². The topological polar surface area (TPSA) is 113 Å². The fraction of sp³-hybridized carbons (Fsp3) is 0.485. The third-order valence-electron chi connectivity index (χ3n) is 8.75. The van der Waals surface area contributed by atoms with Gasteiger partial charge < -0.3 is 29.4 Å². The molecule has 1 aromatic heterocycles. The number of amides is 2. The van der Waals surface area contributed by atoms with Gasteiger partial charge in [-0.05, 0) is 60.6 Å². The van der Waals surface area contributed by atoms with Gasteiger partial charge in [0.2, 0.25) is 0 Å². The molecule has 1 saturated heterocycles. The van der Waals surface area contributed by atoms with Gasteiger partial charge in [0.25, 0.3) is 11.5 Å². The molecule has 3 aromatic rings. The average molecular weight is 591 g/mol. The second kappa shape index (κ2) is 12.3. The normalized spacial score (nSPS) is 18.8. The first-order valence-corrected chi connectivity index (χ1v) is 14.9. The highest BCUT2D eigenvalue weighted by Gasteiger charge is 2.39. The van der Waals surface area contributed by atoms with Crippen molar-refractivity contribution in [3.05, 3.63) is 69.5 Å². The largest absolute Gasteiger partial charge is 0.486 e. The molecule has 2 N–H and O–H groups in total. The highest BCUT2D eigenvalue weighted by Crippen LogP contribution is 2.36. The third kappa shape index (κ3) is 6.49. The maximum atomic E-state index is 13.2. The Morgan fingerprint density at radius 3 is 2.49 bits per heavy atom. The van der Waals surface area contributed by atoms with E-state index in [0.717, 1.165) is 22.0 Å². The summed E-state index contributed by atoms with van der Waals surface area (Å²) < 4.78 is 13.1. The van der Waals surface area contributed by atoms with Crippen molar-refractivity contribution in [2.75, 3.05) is 33.4 Å². The molecule has 2 aliphatic heterocycles. The number of carbonyl (C=O) groups is 2. The lowest BCUT2D eigenvalue weighted by molar-refractivity contribution is 0.0131. The lowest BCUT2D eigenvalue weighted by Gasteiger charge is -2.48. The summed E-state index contributed by atoms with van der Waals surface area (Å²) in [5.74, 6) is 1.14. The Bertz CT molecular complexity index is 1580. The first-order valence-electron chi connectivity index (χ1n) is 14.9. The van der Waals surface area contributed by atoms with Crippen molar-refractivity contribution < 1.29 is 24.2 Å². The first-order chi connectivity index (χ1) is 20.5. The summed E-state index contributed by atoms with van der Waals surface area (Å²) in [5.41, 5.74) is 2.77. The van der Waals surface area contributed by atoms with E-state index < -0.39 is 6.09 Å². The number of hydrogen-bond acceptors (Lipinski definition) is 6. The maximum absolute atomic E-state index is 13.2. The van der Waals surface area contributed by atoms with Crippen LogP contribution in [-0.4, -0.2) is 76.9 Å². The monoisotopic (exact) mass is 590 g/mol. The molecule has 230 valence electrons. The van der Waals surface area contributed by atoms with Crippen molar-refractivity contribution >= 4 is 22.9 Å². The number of fused-ring (bicyclic) bond motifs is 2. The standard InChI is InChI=1S/C33H42N4O6/c1-21-16-30(38)36(26-18-23(31(39)34-5)7-8-25(21)26)13-12-35-11-10-24(19-29(35)33(2,3)4)37(32(40)41)20-22-6-9-27-28(17-22)43-15-14-42-27/h6-9,16-18,24,29H,10-15,19-20H2,1-5H3,(H,34,39)(H,40,41). The molecule has 3 heterocycles. The van der Waals surface area contributed by atoms with Gasteiger partial charge in [-0.1, -0.05) is 32.9 Å². The Morgan fingerprint density at radius 1 is 1.05 bits per heavy atom. The van der Waals surface area contributed by atoms with Gasteiger partial charge in [0.15, 0.2) is 11.5 Å². The number of carbonyl (C=O) groups excluding carboxylic acids is 1. The Kier molecular flexibility index (Phi) is 8.69. The van der Waals surface area contributed by atoms with Gasteiger partial charge in [0.1, 0.15) is 13.2 Å². The van der Waals surface area contributed by atoms with Crippen LogP contribution in [-0.2, 0) is 13.1 Å². The van der Waals surface area contributed by atoms with E-state index in [0.29, 0.717) is 62.8 Å². The van der Waals surface area contributed by atoms with Gasteiger partial charge in [-0.3, -0.25) is 14.5 Å². The number of benzene rings is 2. The summed E-state index contributed by atoms with van der Waals surface area (Å²) in [6.45, 7) is 11.5. The number of carboxylic acid groups (broad SMARTS) is 1. The number of ether oxygens (including phenoxy) is 2. The van der Waals surface area contributed by atoms with E-state index >= 15 is 0 Å². The zero-order valence-electron chi connectivity index (χ0n) is 25.7. The predicted octanol–water partition coefficient (Wildman–Crippen LogP) is 4.50. The summed E-state index contributed by atoms with van der Waals surface area (Å²) in [7, 11) is 1.59. The summed E-state index contributed by atoms with van der Waals surface area (Å²) in [5, 5.41) is 13.9. The Hall–Kier alpha value is -4.05. The van der Waals surface area contributed by atoms with Crippen LogP contribution in [0.1, 0.15) is 55.1 Å². The molecule has 10 nitrogen and oxygen atoms in total. The molecule has 0 saturated carbocycles. The lowest BCUT2D eigenvalue weighted by atomic mass is 9.78. The Labute approximate surface area is 252 Å². The first kappa shape index (κ1) is 30.4. The molecule has 5 rings (SSSR count). The maximum Gasteiger partial charge on any atom is 0.407 e. The average Bonchev–Trinajstić information content (AvgIpc) is 2.98. The van der Waals surface area contributed by atoms with Gasteiger partial charge >= 0.3 is 6.09 Å². The molecule has 2 atom stereocenters. The molecule has 0 spiro atoms. The second-order valence-electron chi connectivity index (χ2n) is 12.6. The number of pyridine rings is 1. The smallest absolute Gasteiger partial charge is 0.407 e. The number of aromatic nitrogens is 1. The van der Waals surface area contributed by atoms with Crippen LogP contribution in [0.3, 0.4) is 0 Å². The molecule has 2 aliphatic rings. The molecule has 2 amide bonds. The minimum atomic E-state index is -0.939. The van der Waals surface area contributed by atoms with Crippen molar-refractivity contribution in [2.24, 2.45) is 5.41 Å². The highest BCUT2D eigenvalue weighted by molar-refractivity contribution is 5.98. The van der Waals surface area contributed by atoms with Crippen LogP contribution in [0.5, 0.6) is 11.5 Å². The number of nitrogens with zero attached hydrogens (tertiary/aromatic N) is 3. The number of rotatable bonds is 7. The number of aryl methyl sites for hydroxylation is 1. The number of likely N-dealkylation sites (tertiary alicyclic amines) is 1. The fourth-order valence-electron chi connectivity index (χ4n) is 6.48. The number of nitrogens with one attached hydrogen (secondary N) is 1. The molecular weight excluding hydrogens is 548 g/mol. The molecule has 2 aromatic carbocycles. The molecule has 0 bridgehead atoms. The van der Waals surface area contributed by atoms with Gasteiger partial charge in [0.05, 0.1) is 5.52 Å². The lowest BCUT2D eigenvalue weighted by Crippen LogP contribution is -2.55. The summed E-state index contributed by atoms with van der Waals surface area (Å²) in [6.07, 6.45) is 0.434. The van der Waals surface area contributed by atoms with Crippen LogP contribution >= 0.6 is 0 Å². The molecule has 0 radical (unpaired) electrons. The quantitative estimate of drug-likeness (QED) is 0.417. The van der Waals surface area contributed by atoms with Crippen LogP contribution in [0.4, 0.5) is 4.79 Å². The third-order valence-corrected chi connectivity index (χ3v) is 8.75. The number of piperidine rings is 1. The van der Waals surface area contributed by atoms with E-state index in [4.69, 9.17) is 9.47 Å². The van der Waals surface area contributed by atoms with Crippen LogP contribution in [0.15, 0.2) is 47.3 Å². The van der Waals surface area contributed by atoms with E-state index in [1.807, 2.05) is 31.2 Å². The van der Waals surface area contributed by atoms with Crippen molar-refractivity contribution in [3.8, 4) is 11.5 Å². The van der Waals surface area contributed by atoms with Crippen LogP contribution in [0.25, 0.3) is 10.9 Å². The van der Waals surface area contributed by atoms with Gasteiger partial charge in [-0.2, -0.15) is 0 Å². The molecular formula is C33H42N4O6. The second-order valence-corrected chi connectivity index (χ2v) is 12.6. The molecule has 43 heavy (non-hydrogen) atoms. The van der Waals surface area contributed by atoms with Crippen molar-refractivity contribution in [1.82, 2.24) is 19.7 Å². The summed E-state index contributed by atoms with van der Waals surface area (Å²) in [6, 6.07) is 12.7. The SMILES string of the molecule is CNC(=O)c1ccc2c(C)cc(=O)n(CCN3CCC(N(Cc4ccc5c(c4)OCCO5)C(=O)O)CC3C(C)(C)C)c2c1.